The summed E-state index contributed by atoms with van der Waals surface area (Å²) in [4.78, 5) is 17.7. The van der Waals surface area contributed by atoms with Crippen LogP contribution in [0.1, 0.15) is 12.8 Å². The van der Waals surface area contributed by atoms with E-state index in [4.69, 9.17) is 9.47 Å². The highest BCUT2D eigenvalue weighted by atomic mass is 16.5. The maximum Gasteiger partial charge on any atom is 0.231 e. The first-order chi connectivity index (χ1) is 13.1. The Bertz CT molecular complexity index is 657. The van der Waals surface area contributed by atoms with E-state index in [1.165, 1.54) is 0 Å². The SMILES string of the molecule is COc1ccc(OCC2CCN(C(=O)C34CNCC3CN(C)C4)CC2)cc1. The number of hydrogen-bond acceptors (Lipinski definition) is 5. The van der Waals surface area contributed by atoms with Crippen LogP contribution in [0.15, 0.2) is 24.3 Å². The summed E-state index contributed by atoms with van der Waals surface area (Å²) in [6, 6.07) is 7.72. The Kier molecular flexibility index (Phi) is 5.28. The number of likely N-dealkylation sites (tertiary alicyclic amines) is 2. The number of methoxy groups -OCH3 is 1. The number of piperidine rings is 1. The third-order valence-electron chi connectivity index (χ3n) is 6.57. The van der Waals surface area contributed by atoms with Gasteiger partial charge in [-0.2, -0.15) is 0 Å². The quantitative estimate of drug-likeness (QED) is 0.847. The monoisotopic (exact) mass is 373 g/mol. The normalized spacial score (nSPS) is 29.0. The predicted molar refractivity (Wildman–Crippen MR) is 104 cm³/mol. The third-order valence-corrected chi connectivity index (χ3v) is 6.57. The van der Waals surface area contributed by atoms with Crippen LogP contribution in [0.5, 0.6) is 11.5 Å². The predicted octanol–water partition coefficient (Wildman–Crippen LogP) is 1.46. The topological polar surface area (TPSA) is 54.0 Å². The number of hydrogen-bond donors (Lipinski definition) is 1. The van der Waals surface area contributed by atoms with Gasteiger partial charge in [0.05, 0.1) is 19.1 Å². The van der Waals surface area contributed by atoms with Crippen LogP contribution in [0.4, 0.5) is 0 Å². The zero-order chi connectivity index (χ0) is 18.9. The summed E-state index contributed by atoms with van der Waals surface area (Å²) in [5.74, 6) is 3.06. The number of amides is 1. The van der Waals surface area contributed by atoms with Crippen molar-refractivity contribution in [2.75, 3.05) is 60.0 Å². The fourth-order valence-electron chi connectivity index (χ4n) is 4.98. The second-order valence-electron chi connectivity index (χ2n) is 8.40. The molecule has 3 fully saturated rings. The van der Waals surface area contributed by atoms with Gasteiger partial charge in [-0.05, 0) is 50.1 Å². The van der Waals surface area contributed by atoms with Gasteiger partial charge in [-0.25, -0.2) is 0 Å². The van der Waals surface area contributed by atoms with Crippen molar-refractivity contribution in [2.45, 2.75) is 12.8 Å². The summed E-state index contributed by atoms with van der Waals surface area (Å²) in [5, 5.41) is 3.46. The maximum atomic E-state index is 13.3. The molecule has 0 saturated carbocycles. The number of carbonyl (C=O) groups excluding carboxylic acids is 1. The highest BCUT2D eigenvalue weighted by Gasteiger charge is 2.55. The van der Waals surface area contributed by atoms with E-state index in [1.54, 1.807) is 7.11 Å². The van der Waals surface area contributed by atoms with E-state index in [0.29, 0.717) is 24.3 Å². The van der Waals surface area contributed by atoms with Crippen molar-refractivity contribution in [1.82, 2.24) is 15.1 Å². The molecule has 2 unspecified atom stereocenters. The molecule has 1 N–H and O–H groups in total. The van der Waals surface area contributed by atoms with Gasteiger partial charge >= 0.3 is 0 Å². The molecule has 3 heterocycles. The van der Waals surface area contributed by atoms with Crippen molar-refractivity contribution < 1.29 is 14.3 Å². The van der Waals surface area contributed by atoms with Crippen LogP contribution in [0.2, 0.25) is 0 Å². The van der Waals surface area contributed by atoms with Crippen LogP contribution in [0.25, 0.3) is 0 Å². The van der Waals surface area contributed by atoms with Gasteiger partial charge in [-0.3, -0.25) is 4.79 Å². The van der Waals surface area contributed by atoms with Gasteiger partial charge < -0.3 is 24.6 Å². The molecule has 0 spiro atoms. The van der Waals surface area contributed by atoms with E-state index in [1.807, 2.05) is 24.3 Å². The molecule has 0 radical (unpaired) electrons. The molecule has 1 amide bonds. The number of nitrogens with zero attached hydrogens (tertiary/aromatic N) is 2. The van der Waals surface area contributed by atoms with E-state index in [0.717, 1.165) is 63.6 Å². The number of benzene rings is 1. The summed E-state index contributed by atoms with van der Waals surface area (Å²) in [6.45, 7) is 6.16. The van der Waals surface area contributed by atoms with Crippen LogP contribution in [-0.4, -0.2) is 75.7 Å². The Morgan fingerprint density at radius 1 is 1.22 bits per heavy atom. The standard InChI is InChI=1S/C21H31N3O3/c1-23-12-17-11-22-14-21(17,15-23)20(25)24-9-7-16(8-10-24)13-27-19-5-3-18(26-2)4-6-19/h3-6,16-17,22H,7-15H2,1-2H3. The molecule has 6 heteroatoms. The summed E-state index contributed by atoms with van der Waals surface area (Å²) < 4.78 is 11.1. The molecule has 0 bridgehead atoms. The van der Waals surface area contributed by atoms with Crippen molar-refractivity contribution >= 4 is 5.91 Å². The van der Waals surface area contributed by atoms with E-state index in [2.05, 4.69) is 22.2 Å². The lowest BCUT2D eigenvalue weighted by Gasteiger charge is -2.38. The fourth-order valence-corrected chi connectivity index (χ4v) is 4.98. The lowest BCUT2D eigenvalue weighted by atomic mass is 9.79. The number of rotatable bonds is 5. The van der Waals surface area contributed by atoms with Crippen molar-refractivity contribution in [3.05, 3.63) is 24.3 Å². The van der Waals surface area contributed by atoms with Gasteiger partial charge in [-0.15, -0.1) is 0 Å². The summed E-state index contributed by atoms with van der Waals surface area (Å²) >= 11 is 0. The number of fused-ring (bicyclic) bond motifs is 1. The first kappa shape index (κ1) is 18.6. The largest absolute Gasteiger partial charge is 0.497 e. The minimum Gasteiger partial charge on any atom is -0.497 e. The van der Waals surface area contributed by atoms with Crippen LogP contribution in [-0.2, 0) is 4.79 Å². The summed E-state index contributed by atoms with van der Waals surface area (Å²) in [7, 11) is 3.80. The number of carbonyl (C=O) groups is 1. The summed E-state index contributed by atoms with van der Waals surface area (Å²) in [5.41, 5.74) is -0.193. The first-order valence-electron chi connectivity index (χ1n) is 10.1. The van der Waals surface area contributed by atoms with E-state index < -0.39 is 0 Å². The lowest BCUT2D eigenvalue weighted by Crippen LogP contribution is -2.51. The highest BCUT2D eigenvalue weighted by molar-refractivity contribution is 5.84. The molecule has 1 aromatic carbocycles. The molecular weight excluding hydrogens is 342 g/mol. The van der Waals surface area contributed by atoms with Gasteiger partial charge in [0.15, 0.2) is 0 Å². The van der Waals surface area contributed by atoms with Crippen LogP contribution in [0, 0.1) is 17.3 Å². The van der Waals surface area contributed by atoms with E-state index in [-0.39, 0.29) is 5.41 Å². The average Bonchev–Trinajstić information content (AvgIpc) is 3.23. The molecule has 3 aliphatic heterocycles. The molecule has 0 aliphatic carbocycles. The second kappa shape index (κ2) is 7.68. The number of nitrogens with one attached hydrogen (secondary N) is 1. The third kappa shape index (κ3) is 3.65. The van der Waals surface area contributed by atoms with E-state index >= 15 is 0 Å². The molecule has 0 aromatic heterocycles. The van der Waals surface area contributed by atoms with Gasteiger partial charge in [0.2, 0.25) is 5.91 Å². The fraction of sp³-hybridized carbons (Fsp3) is 0.667. The maximum absolute atomic E-state index is 13.3. The number of ether oxygens (including phenoxy) is 2. The minimum absolute atomic E-state index is 0.193. The van der Waals surface area contributed by atoms with Crippen molar-refractivity contribution in [3.8, 4) is 11.5 Å². The molecule has 148 valence electrons. The Labute approximate surface area is 161 Å². The minimum atomic E-state index is -0.193. The molecule has 1 aromatic rings. The highest BCUT2D eigenvalue weighted by Crippen LogP contribution is 2.40. The Morgan fingerprint density at radius 2 is 1.93 bits per heavy atom. The van der Waals surface area contributed by atoms with Crippen molar-refractivity contribution in [2.24, 2.45) is 17.3 Å². The van der Waals surface area contributed by atoms with Crippen LogP contribution >= 0.6 is 0 Å². The lowest BCUT2D eigenvalue weighted by molar-refractivity contribution is -0.143. The smallest absolute Gasteiger partial charge is 0.231 e. The van der Waals surface area contributed by atoms with Gasteiger partial charge in [-0.1, -0.05) is 0 Å². The zero-order valence-electron chi connectivity index (χ0n) is 16.4. The molecule has 4 rings (SSSR count). The molecule has 2 atom stereocenters. The Morgan fingerprint density at radius 3 is 2.63 bits per heavy atom. The van der Waals surface area contributed by atoms with Crippen molar-refractivity contribution in [1.29, 1.82) is 0 Å². The Balaban J connectivity index is 1.28. The van der Waals surface area contributed by atoms with Crippen LogP contribution < -0.4 is 14.8 Å². The van der Waals surface area contributed by atoms with Gasteiger partial charge in [0.1, 0.15) is 11.5 Å². The molecule has 27 heavy (non-hydrogen) atoms. The van der Waals surface area contributed by atoms with Crippen LogP contribution in [0.3, 0.4) is 0 Å². The zero-order valence-corrected chi connectivity index (χ0v) is 16.4. The second-order valence-corrected chi connectivity index (χ2v) is 8.40. The molecule has 3 saturated heterocycles. The van der Waals surface area contributed by atoms with Gasteiger partial charge in [0, 0.05) is 45.2 Å². The first-order valence-corrected chi connectivity index (χ1v) is 10.1. The molecule has 6 nitrogen and oxygen atoms in total. The summed E-state index contributed by atoms with van der Waals surface area (Å²) in [6.07, 6.45) is 2.04. The molecule has 3 aliphatic rings. The molecular formula is C21H31N3O3. The average molecular weight is 373 g/mol. The van der Waals surface area contributed by atoms with Gasteiger partial charge in [0.25, 0.3) is 0 Å². The van der Waals surface area contributed by atoms with E-state index in [9.17, 15) is 4.79 Å². The van der Waals surface area contributed by atoms with Crippen molar-refractivity contribution in [3.63, 3.8) is 0 Å². The Hall–Kier alpha value is -1.79.